The zero-order valence-electron chi connectivity index (χ0n) is 18.9. The maximum absolute atomic E-state index is 13.2. The van der Waals surface area contributed by atoms with Crippen molar-refractivity contribution < 1.29 is 14.0 Å². The van der Waals surface area contributed by atoms with Crippen LogP contribution in [0.2, 0.25) is 0 Å². The molecule has 1 atom stereocenters. The SMILES string of the molecule is CC(CCc1c[nH]c2ccccc12)(CC(=O)N1CCC(c2ccc(F)cc2)CC1)C(N)=O.Cl. The Bertz CT molecular complexity index is 1110. The minimum absolute atomic E-state index is 0. The molecule has 33 heavy (non-hydrogen) atoms. The fourth-order valence-corrected chi connectivity index (χ4v) is 4.69. The van der Waals surface area contributed by atoms with Gasteiger partial charge in [0.15, 0.2) is 0 Å². The summed E-state index contributed by atoms with van der Waals surface area (Å²) in [5.74, 6) is -0.376. The number of nitrogens with one attached hydrogen (secondary N) is 1. The third kappa shape index (κ3) is 5.56. The van der Waals surface area contributed by atoms with Gasteiger partial charge in [0.25, 0.3) is 0 Å². The van der Waals surface area contributed by atoms with Gasteiger partial charge >= 0.3 is 0 Å². The molecule has 1 aliphatic rings. The molecule has 2 heterocycles. The number of fused-ring (bicyclic) bond motifs is 1. The first-order valence-electron chi connectivity index (χ1n) is 11.2. The maximum atomic E-state index is 13.2. The number of benzene rings is 2. The number of aromatic nitrogens is 1. The molecule has 0 aliphatic carbocycles. The average molecular weight is 472 g/mol. The van der Waals surface area contributed by atoms with Crippen molar-refractivity contribution in [1.29, 1.82) is 0 Å². The Balaban J connectivity index is 0.00000306. The molecule has 1 aromatic heterocycles. The molecule has 2 aromatic carbocycles. The summed E-state index contributed by atoms with van der Waals surface area (Å²) < 4.78 is 13.2. The van der Waals surface area contributed by atoms with Crippen LogP contribution in [-0.4, -0.2) is 34.8 Å². The lowest BCUT2D eigenvalue weighted by molar-refractivity contribution is -0.140. The molecule has 4 rings (SSSR count). The van der Waals surface area contributed by atoms with Crippen LogP contribution >= 0.6 is 12.4 Å². The van der Waals surface area contributed by atoms with Crippen molar-refractivity contribution in [3.05, 3.63) is 71.7 Å². The third-order valence-electron chi connectivity index (χ3n) is 6.95. The van der Waals surface area contributed by atoms with Gasteiger partial charge in [-0.1, -0.05) is 37.3 Å². The number of carbonyl (C=O) groups is 2. The van der Waals surface area contributed by atoms with Gasteiger partial charge in [-0.3, -0.25) is 9.59 Å². The molecular weight excluding hydrogens is 441 g/mol. The zero-order chi connectivity index (χ0) is 22.7. The predicted octanol–water partition coefficient (Wildman–Crippen LogP) is 4.95. The lowest BCUT2D eigenvalue weighted by Crippen LogP contribution is -2.44. The summed E-state index contributed by atoms with van der Waals surface area (Å²) in [6, 6.07) is 14.7. The predicted molar refractivity (Wildman–Crippen MR) is 131 cm³/mol. The van der Waals surface area contributed by atoms with E-state index in [0.717, 1.165) is 34.9 Å². The number of carbonyl (C=O) groups excluding carboxylic acids is 2. The lowest BCUT2D eigenvalue weighted by Gasteiger charge is -2.35. The highest BCUT2D eigenvalue weighted by molar-refractivity contribution is 5.88. The van der Waals surface area contributed by atoms with Crippen LogP contribution in [0.4, 0.5) is 4.39 Å². The van der Waals surface area contributed by atoms with E-state index in [1.54, 1.807) is 6.92 Å². The fraction of sp³-hybridized carbons (Fsp3) is 0.385. The Morgan fingerprint density at radius 3 is 2.45 bits per heavy atom. The van der Waals surface area contributed by atoms with Crippen LogP contribution in [0.1, 0.15) is 49.7 Å². The zero-order valence-corrected chi connectivity index (χ0v) is 19.7. The van der Waals surface area contributed by atoms with E-state index in [9.17, 15) is 14.0 Å². The molecule has 5 nitrogen and oxygen atoms in total. The Morgan fingerprint density at radius 2 is 1.79 bits per heavy atom. The van der Waals surface area contributed by atoms with E-state index in [1.807, 2.05) is 41.4 Å². The smallest absolute Gasteiger partial charge is 0.223 e. The standard InChI is InChI=1S/C26H30FN3O2.ClH/c1-26(25(28)32,13-10-20-17-29-23-5-3-2-4-22(20)23)16-24(31)30-14-11-19(12-15-30)18-6-8-21(27)9-7-18;/h2-9,17,19,29H,10-16H2,1H3,(H2,28,32);1H. The molecule has 0 bridgehead atoms. The summed E-state index contributed by atoms with van der Waals surface area (Å²) >= 11 is 0. The first-order valence-corrected chi connectivity index (χ1v) is 11.2. The van der Waals surface area contributed by atoms with Crippen LogP contribution in [0.25, 0.3) is 10.9 Å². The Hall–Kier alpha value is -2.86. The summed E-state index contributed by atoms with van der Waals surface area (Å²) in [4.78, 5) is 30.5. The van der Waals surface area contributed by atoms with Gasteiger partial charge in [0.1, 0.15) is 5.82 Å². The molecular formula is C26H31ClFN3O2. The number of H-pyrrole nitrogens is 1. The fourth-order valence-electron chi connectivity index (χ4n) is 4.69. The summed E-state index contributed by atoms with van der Waals surface area (Å²) in [7, 11) is 0. The average Bonchev–Trinajstić information content (AvgIpc) is 3.21. The second-order valence-electron chi connectivity index (χ2n) is 9.17. The van der Waals surface area contributed by atoms with Crippen molar-refractivity contribution in [2.45, 2.75) is 44.9 Å². The van der Waals surface area contributed by atoms with E-state index in [0.29, 0.717) is 31.8 Å². The number of piperidine rings is 1. The summed E-state index contributed by atoms with van der Waals surface area (Å²) in [6.45, 7) is 3.07. The molecule has 1 saturated heterocycles. The van der Waals surface area contributed by atoms with Crippen molar-refractivity contribution in [2.75, 3.05) is 13.1 Å². The summed E-state index contributed by atoms with van der Waals surface area (Å²) in [6.07, 6.45) is 4.94. The third-order valence-corrected chi connectivity index (χ3v) is 6.95. The molecule has 3 aromatic rings. The number of aryl methyl sites for hydroxylation is 1. The Labute approximate surface area is 199 Å². The molecule has 2 amide bonds. The van der Waals surface area contributed by atoms with Crippen LogP contribution in [-0.2, 0) is 16.0 Å². The molecule has 0 saturated carbocycles. The first kappa shape index (κ1) is 24.8. The van der Waals surface area contributed by atoms with Crippen molar-refractivity contribution in [3.63, 3.8) is 0 Å². The number of amides is 2. The van der Waals surface area contributed by atoms with E-state index in [2.05, 4.69) is 11.1 Å². The normalized spacial score (nSPS) is 16.2. The van der Waals surface area contributed by atoms with Gasteiger partial charge in [0.2, 0.25) is 11.8 Å². The number of halogens is 2. The number of aromatic amines is 1. The van der Waals surface area contributed by atoms with Gasteiger partial charge < -0.3 is 15.6 Å². The van der Waals surface area contributed by atoms with E-state index >= 15 is 0 Å². The molecule has 7 heteroatoms. The van der Waals surface area contributed by atoms with E-state index < -0.39 is 11.3 Å². The van der Waals surface area contributed by atoms with Crippen molar-refractivity contribution in [2.24, 2.45) is 11.1 Å². The highest BCUT2D eigenvalue weighted by Crippen LogP contribution is 2.33. The van der Waals surface area contributed by atoms with E-state index in [1.165, 1.54) is 12.1 Å². The van der Waals surface area contributed by atoms with Gasteiger partial charge in [-0.2, -0.15) is 0 Å². The molecule has 176 valence electrons. The van der Waals surface area contributed by atoms with Crippen molar-refractivity contribution in [3.8, 4) is 0 Å². The van der Waals surface area contributed by atoms with E-state index in [4.69, 9.17) is 5.73 Å². The van der Waals surface area contributed by atoms with Crippen LogP contribution in [0.3, 0.4) is 0 Å². The van der Waals surface area contributed by atoms with Crippen molar-refractivity contribution in [1.82, 2.24) is 9.88 Å². The second kappa shape index (κ2) is 10.4. The number of hydrogen-bond acceptors (Lipinski definition) is 2. The topological polar surface area (TPSA) is 79.2 Å². The molecule has 1 aliphatic heterocycles. The second-order valence-corrected chi connectivity index (χ2v) is 9.17. The van der Waals surface area contributed by atoms with Crippen LogP contribution in [0.5, 0.6) is 0 Å². The lowest BCUT2D eigenvalue weighted by atomic mass is 9.79. The molecule has 0 spiro atoms. The number of nitrogens with zero attached hydrogens (tertiary/aromatic N) is 1. The molecule has 1 fully saturated rings. The number of para-hydroxylation sites is 1. The molecule has 1 unspecified atom stereocenters. The number of hydrogen-bond donors (Lipinski definition) is 2. The quantitative estimate of drug-likeness (QED) is 0.511. The maximum Gasteiger partial charge on any atom is 0.223 e. The van der Waals surface area contributed by atoms with Gasteiger partial charge in [-0.05, 0) is 60.9 Å². The van der Waals surface area contributed by atoms with Crippen LogP contribution in [0, 0.1) is 11.2 Å². The summed E-state index contributed by atoms with van der Waals surface area (Å²) in [5.41, 5.74) is 8.16. The number of likely N-dealkylation sites (tertiary alicyclic amines) is 1. The van der Waals surface area contributed by atoms with Gasteiger partial charge in [-0.15, -0.1) is 12.4 Å². The van der Waals surface area contributed by atoms with Crippen LogP contribution in [0.15, 0.2) is 54.7 Å². The molecule has 0 radical (unpaired) electrons. The number of nitrogens with two attached hydrogens (primary N) is 1. The highest BCUT2D eigenvalue weighted by Gasteiger charge is 2.36. The van der Waals surface area contributed by atoms with E-state index in [-0.39, 0.29) is 30.6 Å². The summed E-state index contributed by atoms with van der Waals surface area (Å²) in [5, 5.41) is 1.13. The van der Waals surface area contributed by atoms with Gasteiger partial charge in [-0.25, -0.2) is 4.39 Å². The number of rotatable bonds is 7. The van der Waals surface area contributed by atoms with Crippen LogP contribution < -0.4 is 5.73 Å². The van der Waals surface area contributed by atoms with Gasteiger partial charge in [0, 0.05) is 36.6 Å². The minimum atomic E-state index is -0.900. The Morgan fingerprint density at radius 1 is 1.12 bits per heavy atom. The monoisotopic (exact) mass is 471 g/mol. The number of primary amides is 1. The van der Waals surface area contributed by atoms with Crippen molar-refractivity contribution >= 4 is 35.1 Å². The highest BCUT2D eigenvalue weighted by atomic mass is 35.5. The first-order chi connectivity index (χ1) is 15.4. The Kier molecular flexibility index (Phi) is 7.80. The minimum Gasteiger partial charge on any atom is -0.369 e. The van der Waals surface area contributed by atoms with Gasteiger partial charge in [0.05, 0.1) is 5.41 Å². The largest absolute Gasteiger partial charge is 0.369 e. The molecule has 3 N–H and O–H groups in total.